The third-order valence-electron chi connectivity index (χ3n) is 0.702. The fourth-order valence-corrected chi connectivity index (χ4v) is 0.978. The van der Waals surface area contributed by atoms with Crippen LogP contribution in [0.25, 0.3) is 0 Å². The van der Waals surface area contributed by atoms with Crippen molar-refractivity contribution in [2.24, 2.45) is 0 Å². The largest absolute Gasteiger partial charge is 0.458 e. The van der Waals surface area contributed by atoms with Gasteiger partial charge in [0.25, 0.3) is 0 Å². The molecule has 0 aliphatic rings. The molecule has 0 aliphatic heterocycles. The fraction of sp³-hybridized carbons (Fsp3) is 0.200. The Labute approximate surface area is 51.3 Å². The lowest BCUT2D eigenvalue weighted by Crippen LogP contribution is -1.90. The first-order valence-electron chi connectivity index (χ1n) is 2.20. The van der Waals surface area contributed by atoms with Crippen LogP contribution in [0.3, 0.4) is 0 Å². The van der Waals surface area contributed by atoms with Crippen LogP contribution in [0.5, 0.6) is 5.06 Å². The minimum absolute atomic E-state index is 0.236. The van der Waals surface area contributed by atoms with E-state index in [-0.39, 0.29) is 6.79 Å². The lowest BCUT2D eigenvalue weighted by atomic mass is 10.7. The molecule has 0 fully saturated rings. The molecule has 0 radical (unpaired) electrons. The second-order valence-corrected chi connectivity index (χ2v) is 2.12. The normalized spacial score (nSPS) is 9.12. The number of aliphatic hydroxyl groups excluding tert-OH is 1. The maximum absolute atomic E-state index is 8.22. The van der Waals surface area contributed by atoms with Gasteiger partial charge in [0.1, 0.15) is 0 Å². The van der Waals surface area contributed by atoms with Crippen molar-refractivity contribution in [2.75, 3.05) is 6.79 Å². The minimum Gasteiger partial charge on any atom is -0.458 e. The van der Waals surface area contributed by atoms with E-state index in [0.717, 1.165) is 5.06 Å². The lowest BCUT2D eigenvalue weighted by molar-refractivity contribution is 0.102. The summed E-state index contributed by atoms with van der Waals surface area (Å²) in [7, 11) is 0. The zero-order valence-electron chi connectivity index (χ0n) is 4.20. The average molecular weight is 130 g/mol. The van der Waals surface area contributed by atoms with Crippen LogP contribution in [0.15, 0.2) is 17.5 Å². The van der Waals surface area contributed by atoms with Crippen LogP contribution in [0, 0.1) is 0 Å². The summed E-state index contributed by atoms with van der Waals surface area (Å²) in [6, 6.07) is 3.68. The molecule has 3 heteroatoms. The number of hydrogen-bond acceptors (Lipinski definition) is 3. The smallest absolute Gasteiger partial charge is 0.187 e. The van der Waals surface area contributed by atoms with E-state index in [2.05, 4.69) is 0 Å². The Bertz CT molecular complexity index is 136. The highest BCUT2D eigenvalue weighted by molar-refractivity contribution is 7.11. The van der Waals surface area contributed by atoms with Gasteiger partial charge in [0.15, 0.2) is 11.9 Å². The Morgan fingerprint density at radius 2 is 2.62 bits per heavy atom. The molecule has 0 bridgehead atoms. The Balaban J connectivity index is 2.50. The Hall–Kier alpha value is -0.540. The van der Waals surface area contributed by atoms with Crippen LogP contribution < -0.4 is 4.74 Å². The molecule has 0 spiro atoms. The highest BCUT2D eigenvalue weighted by Crippen LogP contribution is 2.17. The first kappa shape index (κ1) is 5.59. The van der Waals surface area contributed by atoms with Crippen LogP contribution >= 0.6 is 11.3 Å². The number of thiophene rings is 1. The van der Waals surface area contributed by atoms with E-state index in [0.29, 0.717) is 0 Å². The van der Waals surface area contributed by atoms with Crippen molar-refractivity contribution in [3.63, 3.8) is 0 Å². The van der Waals surface area contributed by atoms with Crippen LogP contribution in [0.1, 0.15) is 0 Å². The molecule has 0 atom stereocenters. The van der Waals surface area contributed by atoms with Gasteiger partial charge in [-0.2, -0.15) is 0 Å². The maximum Gasteiger partial charge on any atom is 0.187 e. The van der Waals surface area contributed by atoms with Gasteiger partial charge in [-0.3, -0.25) is 0 Å². The molecule has 0 aliphatic carbocycles. The van der Waals surface area contributed by atoms with E-state index in [4.69, 9.17) is 9.84 Å². The molecule has 0 unspecified atom stereocenters. The SMILES string of the molecule is OCOc1cccs1. The standard InChI is InChI=1S/C5H6O2S/c6-4-7-5-2-1-3-8-5/h1-3,6H,4H2. The molecule has 0 amide bonds. The molecule has 1 aromatic heterocycles. The van der Waals surface area contributed by atoms with Crippen LogP contribution in [-0.4, -0.2) is 11.9 Å². The molecule has 1 N–H and O–H groups in total. The van der Waals surface area contributed by atoms with Crippen molar-refractivity contribution < 1.29 is 9.84 Å². The lowest BCUT2D eigenvalue weighted by Gasteiger charge is -1.92. The molecule has 0 saturated carbocycles. The van der Waals surface area contributed by atoms with Gasteiger partial charge in [-0.25, -0.2) is 0 Å². The summed E-state index contributed by atoms with van der Waals surface area (Å²) in [6.45, 7) is -0.236. The number of aliphatic hydroxyl groups is 1. The predicted octanol–water partition coefficient (Wildman–Crippen LogP) is 1.08. The molecule has 8 heavy (non-hydrogen) atoms. The van der Waals surface area contributed by atoms with Gasteiger partial charge < -0.3 is 9.84 Å². The summed E-state index contributed by atoms with van der Waals surface area (Å²) in [4.78, 5) is 0. The van der Waals surface area contributed by atoms with Gasteiger partial charge in [0.05, 0.1) is 0 Å². The topological polar surface area (TPSA) is 29.5 Å². The zero-order valence-corrected chi connectivity index (χ0v) is 5.02. The van der Waals surface area contributed by atoms with E-state index in [1.165, 1.54) is 11.3 Å². The Morgan fingerprint density at radius 1 is 1.75 bits per heavy atom. The van der Waals surface area contributed by atoms with Gasteiger partial charge in [-0.05, 0) is 17.5 Å². The second kappa shape index (κ2) is 2.69. The molecule has 0 aromatic carbocycles. The summed E-state index contributed by atoms with van der Waals surface area (Å²) in [6.07, 6.45) is 0. The highest BCUT2D eigenvalue weighted by Gasteiger charge is 1.87. The molecular weight excluding hydrogens is 124 g/mol. The summed E-state index contributed by atoms with van der Waals surface area (Å²) in [5.74, 6) is 0. The van der Waals surface area contributed by atoms with Crippen molar-refractivity contribution in [2.45, 2.75) is 0 Å². The van der Waals surface area contributed by atoms with Crippen molar-refractivity contribution in [1.82, 2.24) is 0 Å². The van der Waals surface area contributed by atoms with Gasteiger partial charge >= 0.3 is 0 Å². The number of ether oxygens (including phenoxy) is 1. The summed E-state index contributed by atoms with van der Waals surface area (Å²) >= 11 is 1.47. The third-order valence-corrected chi connectivity index (χ3v) is 1.48. The van der Waals surface area contributed by atoms with E-state index in [1.54, 1.807) is 6.07 Å². The maximum atomic E-state index is 8.22. The molecule has 1 aromatic rings. The molecule has 0 saturated heterocycles. The van der Waals surface area contributed by atoms with Gasteiger partial charge in [0, 0.05) is 0 Å². The van der Waals surface area contributed by atoms with Crippen LogP contribution in [0.4, 0.5) is 0 Å². The first-order valence-corrected chi connectivity index (χ1v) is 3.08. The zero-order chi connectivity index (χ0) is 5.82. The van der Waals surface area contributed by atoms with E-state index < -0.39 is 0 Å². The number of hydrogen-bond donors (Lipinski definition) is 1. The van der Waals surface area contributed by atoms with Crippen LogP contribution in [0.2, 0.25) is 0 Å². The van der Waals surface area contributed by atoms with Crippen molar-refractivity contribution in [1.29, 1.82) is 0 Å². The second-order valence-electron chi connectivity index (χ2n) is 1.21. The monoisotopic (exact) mass is 130 g/mol. The molecule has 2 nitrogen and oxygen atoms in total. The molecule has 1 heterocycles. The minimum atomic E-state index is -0.236. The Kier molecular flexibility index (Phi) is 1.88. The van der Waals surface area contributed by atoms with Crippen molar-refractivity contribution >= 4 is 11.3 Å². The fourth-order valence-electron chi connectivity index (χ4n) is 0.409. The molecule has 44 valence electrons. The van der Waals surface area contributed by atoms with Gasteiger partial charge in [-0.15, -0.1) is 11.3 Å². The Morgan fingerprint density at radius 3 is 3.12 bits per heavy atom. The predicted molar refractivity (Wildman–Crippen MR) is 32.0 cm³/mol. The summed E-state index contributed by atoms with van der Waals surface area (Å²) in [5.41, 5.74) is 0. The quantitative estimate of drug-likeness (QED) is 0.607. The van der Waals surface area contributed by atoms with Gasteiger partial charge in [0.2, 0.25) is 0 Å². The molecular formula is C5H6O2S. The number of rotatable bonds is 2. The summed E-state index contributed by atoms with van der Waals surface area (Å²) < 4.78 is 4.72. The van der Waals surface area contributed by atoms with E-state index >= 15 is 0 Å². The van der Waals surface area contributed by atoms with E-state index in [9.17, 15) is 0 Å². The first-order chi connectivity index (χ1) is 3.93. The van der Waals surface area contributed by atoms with Crippen LogP contribution in [-0.2, 0) is 0 Å². The van der Waals surface area contributed by atoms with Crippen molar-refractivity contribution in [3.05, 3.63) is 17.5 Å². The van der Waals surface area contributed by atoms with Gasteiger partial charge in [-0.1, -0.05) is 0 Å². The summed E-state index contributed by atoms with van der Waals surface area (Å²) in [5, 5.41) is 10.9. The highest BCUT2D eigenvalue weighted by atomic mass is 32.1. The van der Waals surface area contributed by atoms with Crippen molar-refractivity contribution in [3.8, 4) is 5.06 Å². The van der Waals surface area contributed by atoms with E-state index in [1.807, 2.05) is 11.4 Å². The molecule has 1 rings (SSSR count). The average Bonchev–Trinajstić information content (AvgIpc) is 2.19. The third kappa shape index (κ3) is 1.21.